The van der Waals surface area contributed by atoms with E-state index in [1.54, 1.807) is 40.9 Å². The summed E-state index contributed by atoms with van der Waals surface area (Å²) in [4.78, 5) is 35.7. The Morgan fingerprint density at radius 1 is 1.00 bits per heavy atom. The average molecular weight is 451 g/mol. The van der Waals surface area contributed by atoms with E-state index in [1.807, 2.05) is 12.1 Å². The number of hydrogen-bond acceptors (Lipinski definition) is 6. The van der Waals surface area contributed by atoms with Crippen molar-refractivity contribution in [2.45, 2.75) is 6.54 Å². The summed E-state index contributed by atoms with van der Waals surface area (Å²) in [6, 6.07) is 15.5. The van der Waals surface area contributed by atoms with Gasteiger partial charge in [-0.05, 0) is 30.3 Å². The predicted molar refractivity (Wildman–Crippen MR) is 117 cm³/mol. The van der Waals surface area contributed by atoms with Crippen LogP contribution in [0.3, 0.4) is 0 Å². The van der Waals surface area contributed by atoms with Crippen LogP contribution in [0, 0.1) is 10.1 Å². The highest BCUT2D eigenvalue weighted by atomic mass is 35.5. The number of anilines is 1. The van der Waals surface area contributed by atoms with Crippen molar-refractivity contribution in [3.05, 3.63) is 98.9 Å². The molecule has 2 aromatic carbocycles. The van der Waals surface area contributed by atoms with Crippen LogP contribution in [0.25, 0.3) is 5.65 Å². The fourth-order valence-electron chi connectivity index (χ4n) is 3.05. The number of fused-ring (bicyclic) bond motifs is 1. The Balaban J connectivity index is 1.50. The summed E-state index contributed by atoms with van der Waals surface area (Å²) in [6.07, 6.45) is 1.79. The number of pyridine rings is 1. The minimum Gasteiger partial charge on any atom is -0.345 e. The number of aromatic nitrogens is 3. The highest BCUT2D eigenvalue weighted by Crippen LogP contribution is 2.24. The van der Waals surface area contributed by atoms with Crippen molar-refractivity contribution in [1.29, 1.82) is 0 Å². The molecule has 0 radical (unpaired) electrons. The van der Waals surface area contributed by atoms with Gasteiger partial charge in [0.15, 0.2) is 11.5 Å². The van der Waals surface area contributed by atoms with Gasteiger partial charge in [0.05, 0.1) is 33.3 Å². The SMILES string of the molecule is O=C(Nc1ccccc1C(=O)NCc1nnc2ccccn12)c1ccc([N+](=O)[O-])cc1Cl. The molecule has 2 N–H and O–H groups in total. The van der Waals surface area contributed by atoms with E-state index >= 15 is 0 Å². The van der Waals surface area contributed by atoms with Crippen LogP contribution in [0.15, 0.2) is 66.9 Å². The Morgan fingerprint density at radius 2 is 1.78 bits per heavy atom. The number of carbonyl (C=O) groups excluding carboxylic acids is 2. The van der Waals surface area contributed by atoms with Crippen LogP contribution in [0.2, 0.25) is 5.02 Å². The molecule has 2 aromatic heterocycles. The number of benzene rings is 2. The van der Waals surface area contributed by atoms with Gasteiger partial charge >= 0.3 is 0 Å². The van der Waals surface area contributed by atoms with Gasteiger partial charge in [-0.3, -0.25) is 24.1 Å². The van der Waals surface area contributed by atoms with Crippen LogP contribution in [0.4, 0.5) is 11.4 Å². The van der Waals surface area contributed by atoms with Gasteiger partial charge in [0.1, 0.15) is 0 Å². The first-order valence-electron chi connectivity index (χ1n) is 9.35. The van der Waals surface area contributed by atoms with Crippen LogP contribution in [-0.2, 0) is 6.54 Å². The Kier molecular flexibility index (Phi) is 5.77. The zero-order chi connectivity index (χ0) is 22.7. The summed E-state index contributed by atoms with van der Waals surface area (Å²) in [5.41, 5.74) is 0.961. The standard InChI is InChI=1S/C21H15ClN6O4/c22-16-11-13(28(31)32)8-9-14(16)21(30)24-17-6-2-1-5-15(17)20(29)23-12-19-26-25-18-7-3-4-10-27(18)19/h1-11H,12H2,(H,23,29)(H,24,30). The van der Waals surface area contributed by atoms with Crippen molar-refractivity contribution >= 4 is 40.4 Å². The quantitative estimate of drug-likeness (QED) is 0.341. The van der Waals surface area contributed by atoms with E-state index < -0.39 is 16.7 Å². The molecule has 32 heavy (non-hydrogen) atoms. The summed E-state index contributed by atoms with van der Waals surface area (Å²) in [6.45, 7) is 0.125. The maximum atomic E-state index is 12.8. The smallest absolute Gasteiger partial charge is 0.270 e. The summed E-state index contributed by atoms with van der Waals surface area (Å²) in [7, 11) is 0. The average Bonchev–Trinajstić information content (AvgIpc) is 3.20. The lowest BCUT2D eigenvalue weighted by atomic mass is 10.1. The monoisotopic (exact) mass is 450 g/mol. The van der Waals surface area contributed by atoms with E-state index in [2.05, 4.69) is 20.8 Å². The molecule has 0 unspecified atom stereocenters. The van der Waals surface area contributed by atoms with Crippen molar-refractivity contribution in [1.82, 2.24) is 19.9 Å². The molecule has 0 atom stereocenters. The number of nitro groups is 1. The summed E-state index contributed by atoms with van der Waals surface area (Å²) in [5, 5.41) is 24.3. The fraction of sp³-hybridized carbons (Fsp3) is 0.0476. The van der Waals surface area contributed by atoms with Gasteiger partial charge < -0.3 is 10.6 Å². The highest BCUT2D eigenvalue weighted by molar-refractivity contribution is 6.34. The molecule has 160 valence electrons. The van der Waals surface area contributed by atoms with Crippen LogP contribution in [-0.4, -0.2) is 31.3 Å². The summed E-state index contributed by atoms with van der Waals surface area (Å²) >= 11 is 6.03. The van der Waals surface area contributed by atoms with Crippen molar-refractivity contribution in [3.8, 4) is 0 Å². The van der Waals surface area contributed by atoms with E-state index in [1.165, 1.54) is 12.1 Å². The van der Waals surface area contributed by atoms with Gasteiger partial charge in [-0.15, -0.1) is 10.2 Å². The first kappa shape index (κ1) is 20.9. The maximum Gasteiger partial charge on any atom is 0.270 e. The molecule has 0 bridgehead atoms. The van der Waals surface area contributed by atoms with E-state index in [0.29, 0.717) is 11.5 Å². The number of hydrogen-bond donors (Lipinski definition) is 2. The minimum absolute atomic E-state index is 0.0439. The molecule has 0 saturated heterocycles. The third-order valence-corrected chi connectivity index (χ3v) is 4.93. The van der Waals surface area contributed by atoms with Crippen molar-refractivity contribution in [3.63, 3.8) is 0 Å². The maximum absolute atomic E-state index is 12.8. The van der Waals surface area contributed by atoms with Crippen molar-refractivity contribution in [2.24, 2.45) is 0 Å². The summed E-state index contributed by atoms with van der Waals surface area (Å²) in [5.74, 6) is -0.481. The number of nitrogens with one attached hydrogen (secondary N) is 2. The van der Waals surface area contributed by atoms with E-state index in [4.69, 9.17) is 11.6 Å². The van der Waals surface area contributed by atoms with Crippen LogP contribution < -0.4 is 10.6 Å². The molecule has 4 rings (SSSR count). The Bertz CT molecular complexity index is 1350. The molecule has 4 aromatic rings. The molecule has 11 heteroatoms. The fourth-order valence-corrected chi connectivity index (χ4v) is 3.31. The molecule has 0 fully saturated rings. The Morgan fingerprint density at radius 3 is 2.56 bits per heavy atom. The topological polar surface area (TPSA) is 132 Å². The largest absolute Gasteiger partial charge is 0.345 e. The second-order valence-electron chi connectivity index (χ2n) is 6.65. The van der Waals surface area contributed by atoms with Crippen LogP contribution >= 0.6 is 11.6 Å². The van der Waals surface area contributed by atoms with E-state index in [-0.39, 0.29) is 34.1 Å². The second kappa shape index (κ2) is 8.82. The molecule has 2 amide bonds. The number of amides is 2. The normalized spacial score (nSPS) is 10.7. The molecule has 0 aliphatic heterocycles. The molecule has 0 aliphatic carbocycles. The molecule has 10 nitrogen and oxygen atoms in total. The van der Waals surface area contributed by atoms with E-state index in [0.717, 1.165) is 6.07 Å². The van der Waals surface area contributed by atoms with Gasteiger partial charge in [-0.2, -0.15) is 0 Å². The zero-order valence-electron chi connectivity index (χ0n) is 16.4. The number of non-ortho nitro benzene ring substituents is 1. The number of halogens is 1. The van der Waals surface area contributed by atoms with E-state index in [9.17, 15) is 19.7 Å². The molecule has 0 aliphatic rings. The molecule has 0 spiro atoms. The van der Waals surface area contributed by atoms with Gasteiger partial charge in [0.25, 0.3) is 17.5 Å². The first-order chi connectivity index (χ1) is 15.4. The number of carbonyl (C=O) groups is 2. The molecular weight excluding hydrogens is 436 g/mol. The molecule has 0 saturated carbocycles. The van der Waals surface area contributed by atoms with Gasteiger partial charge in [-0.25, -0.2) is 0 Å². The van der Waals surface area contributed by atoms with Crippen molar-refractivity contribution < 1.29 is 14.5 Å². The minimum atomic E-state index is -0.605. The Labute approximate surface area is 186 Å². The lowest BCUT2D eigenvalue weighted by Crippen LogP contribution is -2.25. The lowest BCUT2D eigenvalue weighted by molar-refractivity contribution is -0.384. The number of nitro benzene ring substituents is 1. The van der Waals surface area contributed by atoms with Gasteiger partial charge in [0.2, 0.25) is 0 Å². The zero-order valence-corrected chi connectivity index (χ0v) is 17.1. The van der Waals surface area contributed by atoms with Gasteiger partial charge in [-0.1, -0.05) is 29.8 Å². The number of rotatable bonds is 6. The molecule has 2 heterocycles. The highest BCUT2D eigenvalue weighted by Gasteiger charge is 2.18. The second-order valence-corrected chi connectivity index (χ2v) is 7.06. The summed E-state index contributed by atoms with van der Waals surface area (Å²) < 4.78 is 1.75. The third kappa shape index (κ3) is 4.25. The first-order valence-corrected chi connectivity index (χ1v) is 9.73. The molecular formula is C21H15ClN6O4. The van der Waals surface area contributed by atoms with Crippen molar-refractivity contribution in [2.75, 3.05) is 5.32 Å². The Hall–Kier alpha value is -4.31. The predicted octanol–water partition coefficient (Wildman–Crippen LogP) is 3.47. The lowest BCUT2D eigenvalue weighted by Gasteiger charge is -2.12. The van der Waals surface area contributed by atoms with Crippen LogP contribution in [0.1, 0.15) is 26.5 Å². The van der Waals surface area contributed by atoms with Crippen LogP contribution in [0.5, 0.6) is 0 Å². The third-order valence-electron chi connectivity index (χ3n) is 4.62. The van der Waals surface area contributed by atoms with Gasteiger partial charge in [0, 0.05) is 18.3 Å². The number of nitrogens with zero attached hydrogens (tertiary/aromatic N) is 4. The number of para-hydroxylation sites is 1.